The molecule has 0 bridgehead atoms. The number of carbonyl (C=O) groups is 3. The van der Waals surface area contributed by atoms with Gasteiger partial charge in [-0.3, -0.25) is 25.2 Å². The average Bonchev–Trinajstić information content (AvgIpc) is 3.13. The fourth-order valence-electron chi connectivity index (χ4n) is 2.77. The molecule has 1 aliphatic heterocycles. The standard InChI is InChI=1S/C16H19N5O3S/c1-3-21-10(2)17-12-8-11(4-5-13(12)21)15(23)19-18-14(22)9-20-6-7-25-16(20)24/h4-5,8H,3,6-7,9H2,1-2H3,(H,18,22)(H,19,23). The first-order chi connectivity index (χ1) is 12.0. The molecule has 1 aromatic carbocycles. The molecule has 2 aromatic rings. The van der Waals surface area contributed by atoms with Crippen molar-refractivity contribution in [3.8, 4) is 0 Å². The Morgan fingerprint density at radius 3 is 2.80 bits per heavy atom. The van der Waals surface area contributed by atoms with Crippen LogP contribution in [0.4, 0.5) is 4.79 Å². The molecule has 3 amide bonds. The molecule has 2 N–H and O–H groups in total. The Morgan fingerprint density at radius 2 is 2.12 bits per heavy atom. The van der Waals surface area contributed by atoms with Gasteiger partial charge in [0.05, 0.1) is 11.0 Å². The number of hydrazine groups is 1. The molecular weight excluding hydrogens is 342 g/mol. The Balaban J connectivity index is 1.62. The number of fused-ring (bicyclic) bond motifs is 1. The average molecular weight is 361 g/mol. The van der Waals surface area contributed by atoms with Crippen LogP contribution in [0.2, 0.25) is 0 Å². The van der Waals surface area contributed by atoms with Gasteiger partial charge >= 0.3 is 0 Å². The maximum Gasteiger partial charge on any atom is 0.282 e. The predicted molar refractivity (Wildman–Crippen MR) is 95.2 cm³/mol. The summed E-state index contributed by atoms with van der Waals surface area (Å²) in [5.74, 6) is 0.705. The number of aryl methyl sites for hydroxylation is 2. The monoisotopic (exact) mass is 361 g/mol. The minimum absolute atomic E-state index is 0.0642. The van der Waals surface area contributed by atoms with Gasteiger partial charge in [0.25, 0.3) is 17.1 Å². The van der Waals surface area contributed by atoms with Gasteiger partial charge in [-0.2, -0.15) is 0 Å². The largest absolute Gasteiger partial charge is 0.329 e. The van der Waals surface area contributed by atoms with Crippen LogP contribution in [0.25, 0.3) is 11.0 Å². The van der Waals surface area contributed by atoms with E-state index >= 15 is 0 Å². The second kappa shape index (κ2) is 7.14. The fourth-order valence-corrected chi connectivity index (χ4v) is 3.60. The summed E-state index contributed by atoms with van der Waals surface area (Å²) in [6.07, 6.45) is 0. The number of thioether (sulfide) groups is 1. The summed E-state index contributed by atoms with van der Waals surface area (Å²) >= 11 is 1.19. The zero-order valence-corrected chi connectivity index (χ0v) is 14.9. The third kappa shape index (κ3) is 3.60. The third-order valence-electron chi connectivity index (χ3n) is 4.01. The summed E-state index contributed by atoms with van der Waals surface area (Å²) in [7, 11) is 0. The second-order valence-electron chi connectivity index (χ2n) is 5.64. The number of nitrogens with one attached hydrogen (secondary N) is 2. The van der Waals surface area contributed by atoms with E-state index in [0.717, 1.165) is 23.4 Å². The van der Waals surface area contributed by atoms with E-state index in [9.17, 15) is 14.4 Å². The van der Waals surface area contributed by atoms with Crippen LogP contribution in [0.1, 0.15) is 23.1 Å². The molecule has 1 fully saturated rings. The smallest absolute Gasteiger partial charge is 0.282 e. The molecule has 1 aromatic heterocycles. The lowest BCUT2D eigenvalue weighted by Crippen LogP contribution is -2.46. The van der Waals surface area contributed by atoms with Gasteiger partial charge in [-0.15, -0.1) is 0 Å². The maximum absolute atomic E-state index is 12.2. The topological polar surface area (TPSA) is 96.3 Å². The molecule has 0 atom stereocenters. The van der Waals surface area contributed by atoms with Crippen molar-refractivity contribution in [3.63, 3.8) is 0 Å². The van der Waals surface area contributed by atoms with Gasteiger partial charge in [0.1, 0.15) is 12.4 Å². The van der Waals surface area contributed by atoms with Crippen molar-refractivity contribution < 1.29 is 14.4 Å². The Kier molecular flexibility index (Phi) is 4.93. The van der Waals surface area contributed by atoms with Crippen molar-refractivity contribution >= 4 is 39.8 Å². The molecule has 2 heterocycles. The molecule has 0 spiro atoms. The van der Waals surface area contributed by atoms with E-state index in [-0.39, 0.29) is 11.8 Å². The Morgan fingerprint density at radius 1 is 1.32 bits per heavy atom. The number of hydrogen-bond donors (Lipinski definition) is 2. The molecular formula is C16H19N5O3S. The van der Waals surface area contributed by atoms with E-state index in [4.69, 9.17) is 0 Å². The summed E-state index contributed by atoms with van der Waals surface area (Å²) in [5.41, 5.74) is 6.81. The highest BCUT2D eigenvalue weighted by Crippen LogP contribution is 2.18. The number of amides is 3. The molecule has 132 valence electrons. The van der Waals surface area contributed by atoms with Crippen molar-refractivity contribution in [2.45, 2.75) is 20.4 Å². The highest BCUT2D eigenvalue weighted by atomic mass is 32.2. The van der Waals surface area contributed by atoms with Gasteiger partial charge in [-0.25, -0.2) is 4.98 Å². The van der Waals surface area contributed by atoms with E-state index in [1.807, 2.05) is 19.9 Å². The van der Waals surface area contributed by atoms with E-state index in [2.05, 4.69) is 20.4 Å². The van der Waals surface area contributed by atoms with Crippen LogP contribution in [0, 0.1) is 6.92 Å². The summed E-state index contributed by atoms with van der Waals surface area (Å²) in [5, 5.41) is -0.117. The van der Waals surface area contributed by atoms with E-state index in [1.54, 1.807) is 12.1 Å². The quantitative estimate of drug-likeness (QED) is 0.800. The molecule has 0 radical (unpaired) electrons. The predicted octanol–water partition coefficient (Wildman–Crippen LogP) is 1.29. The number of nitrogens with zero attached hydrogens (tertiary/aromatic N) is 3. The first-order valence-electron chi connectivity index (χ1n) is 7.97. The maximum atomic E-state index is 12.2. The number of aromatic nitrogens is 2. The lowest BCUT2D eigenvalue weighted by molar-refractivity contribution is -0.122. The van der Waals surface area contributed by atoms with Crippen molar-refractivity contribution in [1.82, 2.24) is 25.3 Å². The van der Waals surface area contributed by atoms with Gasteiger partial charge in [-0.1, -0.05) is 11.8 Å². The summed E-state index contributed by atoms with van der Waals surface area (Å²) < 4.78 is 2.06. The molecule has 25 heavy (non-hydrogen) atoms. The zero-order chi connectivity index (χ0) is 18.0. The minimum atomic E-state index is -0.434. The molecule has 0 saturated carbocycles. The van der Waals surface area contributed by atoms with Crippen LogP contribution < -0.4 is 10.9 Å². The number of rotatable bonds is 4. The zero-order valence-electron chi connectivity index (χ0n) is 14.0. The lowest BCUT2D eigenvalue weighted by Gasteiger charge is -2.14. The summed E-state index contributed by atoms with van der Waals surface area (Å²) in [6, 6.07) is 5.23. The number of carbonyl (C=O) groups excluding carboxylic acids is 3. The SMILES string of the molecule is CCn1c(C)nc2cc(C(=O)NNC(=O)CN3CCSC3=O)ccc21. The van der Waals surface area contributed by atoms with Gasteiger partial charge in [-0.05, 0) is 32.0 Å². The van der Waals surface area contributed by atoms with Crippen molar-refractivity contribution in [2.75, 3.05) is 18.8 Å². The van der Waals surface area contributed by atoms with Crippen LogP contribution in [0.5, 0.6) is 0 Å². The number of imidazole rings is 1. The molecule has 8 nitrogen and oxygen atoms in total. The molecule has 1 aliphatic rings. The first-order valence-corrected chi connectivity index (χ1v) is 8.96. The van der Waals surface area contributed by atoms with E-state index < -0.39 is 11.8 Å². The van der Waals surface area contributed by atoms with Crippen molar-refractivity contribution in [1.29, 1.82) is 0 Å². The highest BCUT2D eigenvalue weighted by Gasteiger charge is 2.23. The fraction of sp³-hybridized carbons (Fsp3) is 0.375. The van der Waals surface area contributed by atoms with Crippen LogP contribution in [0.3, 0.4) is 0 Å². The Hall–Kier alpha value is -2.55. The molecule has 9 heteroatoms. The minimum Gasteiger partial charge on any atom is -0.329 e. The normalized spacial score (nSPS) is 14.2. The molecule has 0 unspecified atom stereocenters. The summed E-state index contributed by atoms with van der Waals surface area (Å²) in [4.78, 5) is 41.4. The number of benzene rings is 1. The van der Waals surface area contributed by atoms with E-state index in [0.29, 0.717) is 17.9 Å². The highest BCUT2D eigenvalue weighted by molar-refractivity contribution is 8.13. The number of hydrogen-bond acceptors (Lipinski definition) is 5. The van der Waals surface area contributed by atoms with Crippen LogP contribution in [-0.2, 0) is 11.3 Å². The van der Waals surface area contributed by atoms with Crippen LogP contribution in [0.15, 0.2) is 18.2 Å². The van der Waals surface area contributed by atoms with E-state index in [1.165, 1.54) is 16.7 Å². The molecule has 0 aliphatic carbocycles. The van der Waals surface area contributed by atoms with Crippen molar-refractivity contribution in [2.24, 2.45) is 0 Å². The van der Waals surface area contributed by atoms with Crippen molar-refractivity contribution in [3.05, 3.63) is 29.6 Å². The summed E-state index contributed by atoms with van der Waals surface area (Å²) in [6.45, 7) is 5.24. The van der Waals surface area contributed by atoms with Gasteiger partial charge in [0.15, 0.2) is 0 Å². The van der Waals surface area contributed by atoms with Gasteiger partial charge in [0.2, 0.25) is 0 Å². The second-order valence-corrected chi connectivity index (χ2v) is 6.69. The Bertz CT molecular complexity index is 848. The third-order valence-corrected chi connectivity index (χ3v) is 4.90. The Labute approximate surface area is 148 Å². The van der Waals surface area contributed by atoms with Crippen LogP contribution >= 0.6 is 11.8 Å². The van der Waals surface area contributed by atoms with Gasteiger partial charge in [0, 0.05) is 24.4 Å². The van der Waals surface area contributed by atoms with Gasteiger partial charge < -0.3 is 9.47 Å². The molecule has 1 saturated heterocycles. The lowest BCUT2D eigenvalue weighted by atomic mass is 10.2. The first kappa shape index (κ1) is 17.3. The molecule has 3 rings (SSSR count). The van der Waals surface area contributed by atoms with Crippen LogP contribution in [-0.4, -0.2) is 50.3 Å².